The van der Waals surface area contributed by atoms with Crippen molar-refractivity contribution in [1.82, 2.24) is 15.5 Å². The molecule has 1 heterocycles. The second-order valence-corrected chi connectivity index (χ2v) is 13.2. The maximum Gasteiger partial charge on any atom is 0.408 e. The molecule has 2 saturated carbocycles. The smallest absolute Gasteiger partial charge is 0.408 e. The number of fused-ring (bicyclic) bond motifs is 1. The van der Waals surface area contributed by atoms with E-state index in [9.17, 15) is 24.0 Å². The summed E-state index contributed by atoms with van der Waals surface area (Å²) in [5, 5.41) is 5.62. The fraction of sp³-hybridized carbons (Fsp3) is 0.821. The Labute approximate surface area is 220 Å². The van der Waals surface area contributed by atoms with E-state index in [0.717, 1.165) is 38.5 Å². The number of alkyl carbamates (subject to hydrolysis) is 1. The quantitative estimate of drug-likeness (QED) is 0.474. The van der Waals surface area contributed by atoms with Crippen molar-refractivity contribution < 1.29 is 28.7 Å². The number of hydrogen-bond donors (Lipinski definition) is 2. The molecule has 2 aliphatic carbocycles. The summed E-state index contributed by atoms with van der Waals surface area (Å²) in [6.07, 6.45) is 5.55. The maximum absolute atomic E-state index is 14.0. The molecule has 9 nitrogen and oxygen atoms in total. The maximum atomic E-state index is 14.0. The van der Waals surface area contributed by atoms with E-state index in [2.05, 4.69) is 10.6 Å². The van der Waals surface area contributed by atoms with Crippen molar-refractivity contribution in [2.24, 2.45) is 23.2 Å². The number of nitrogens with zero attached hydrogens (tertiary/aromatic N) is 1. The van der Waals surface area contributed by atoms with Gasteiger partial charge in [-0.2, -0.15) is 0 Å². The molecule has 0 aromatic heterocycles. The standard InChI is InChI=1S/C28H45N3O6/c1-16(32)22(33)20(14-17-10-8-11-17)29-24(34)21-19-13-9-12-18(19)15-31(21)25(35)23(27(2,3)4)30-26(36)37-28(5,6)7/h17-21,23H,8-15H2,1-7H3,(H,29,34)(H,30,36)/t18-,19-,20?,21-,23+/m0/s1. The third-order valence-electron chi connectivity index (χ3n) is 7.99. The minimum Gasteiger partial charge on any atom is -0.444 e. The lowest BCUT2D eigenvalue weighted by Crippen LogP contribution is -2.60. The van der Waals surface area contributed by atoms with E-state index in [4.69, 9.17) is 4.74 Å². The fourth-order valence-electron chi connectivity index (χ4n) is 5.90. The van der Waals surface area contributed by atoms with Crippen molar-refractivity contribution in [3.8, 4) is 0 Å². The Kier molecular flexibility index (Phi) is 8.75. The van der Waals surface area contributed by atoms with Gasteiger partial charge < -0.3 is 20.3 Å². The molecule has 5 atom stereocenters. The number of ketones is 2. The van der Waals surface area contributed by atoms with Crippen LogP contribution >= 0.6 is 0 Å². The van der Waals surface area contributed by atoms with Gasteiger partial charge in [-0.25, -0.2) is 4.79 Å². The highest BCUT2D eigenvalue weighted by Crippen LogP contribution is 2.43. The van der Waals surface area contributed by atoms with Crippen LogP contribution in [0.25, 0.3) is 0 Å². The molecule has 0 radical (unpaired) electrons. The summed E-state index contributed by atoms with van der Waals surface area (Å²) in [6.45, 7) is 12.5. The Balaban J connectivity index is 1.83. The van der Waals surface area contributed by atoms with Gasteiger partial charge in [0.25, 0.3) is 0 Å². The first-order valence-electron chi connectivity index (χ1n) is 13.7. The predicted molar refractivity (Wildman–Crippen MR) is 139 cm³/mol. The van der Waals surface area contributed by atoms with Gasteiger partial charge in [-0.1, -0.05) is 46.5 Å². The highest BCUT2D eigenvalue weighted by Gasteiger charge is 2.52. The second-order valence-electron chi connectivity index (χ2n) is 13.2. The average Bonchev–Trinajstić information content (AvgIpc) is 3.31. The molecule has 3 fully saturated rings. The van der Waals surface area contributed by atoms with Crippen LogP contribution in [0.1, 0.15) is 93.4 Å². The first kappa shape index (κ1) is 29.1. The zero-order valence-electron chi connectivity index (χ0n) is 23.5. The summed E-state index contributed by atoms with van der Waals surface area (Å²) < 4.78 is 5.41. The molecule has 0 aromatic rings. The Morgan fingerprint density at radius 2 is 1.54 bits per heavy atom. The number of amides is 3. The van der Waals surface area contributed by atoms with E-state index in [0.29, 0.717) is 18.9 Å². The zero-order valence-corrected chi connectivity index (χ0v) is 23.5. The molecule has 0 bridgehead atoms. The molecule has 1 aliphatic heterocycles. The van der Waals surface area contributed by atoms with Crippen molar-refractivity contribution >= 4 is 29.5 Å². The molecular weight excluding hydrogens is 474 g/mol. The lowest BCUT2D eigenvalue weighted by atomic mass is 9.79. The summed E-state index contributed by atoms with van der Waals surface area (Å²) >= 11 is 0. The molecule has 3 amide bonds. The molecule has 2 N–H and O–H groups in total. The summed E-state index contributed by atoms with van der Waals surface area (Å²) in [7, 11) is 0. The molecule has 1 saturated heterocycles. The van der Waals surface area contributed by atoms with Crippen molar-refractivity contribution in [2.75, 3.05) is 6.54 Å². The largest absolute Gasteiger partial charge is 0.444 e. The van der Waals surface area contributed by atoms with Gasteiger partial charge in [0.2, 0.25) is 17.6 Å². The highest BCUT2D eigenvalue weighted by molar-refractivity contribution is 6.38. The Bertz CT molecular complexity index is 914. The van der Waals surface area contributed by atoms with Crippen molar-refractivity contribution in [3.63, 3.8) is 0 Å². The van der Waals surface area contributed by atoms with Gasteiger partial charge in [0.1, 0.15) is 17.7 Å². The van der Waals surface area contributed by atoms with Crippen LogP contribution in [0.15, 0.2) is 0 Å². The van der Waals surface area contributed by atoms with Gasteiger partial charge in [0.15, 0.2) is 5.78 Å². The van der Waals surface area contributed by atoms with E-state index >= 15 is 0 Å². The van der Waals surface area contributed by atoms with Gasteiger partial charge in [0.05, 0.1) is 6.04 Å². The van der Waals surface area contributed by atoms with Gasteiger partial charge in [0, 0.05) is 13.5 Å². The number of hydrogen-bond acceptors (Lipinski definition) is 6. The Hall–Kier alpha value is -2.45. The van der Waals surface area contributed by atoms with Crippen LogP contribution in [0.4, 0.5) is 4.79 Å². The number of likely N-dealkylation sites (tertiary alicyclic amines) is 1. The second kappa shape index (κ2) is 11.1. The minimum absolute atomic E-state index is 0.0112. The van der Waals surface area contributed by atoms with E-state index in [1.165, 1.54) is 6.92 Å². The SMILES string of the molecule is CC(=O)C(=O)C(CC1CCC1)NC(=O)[C@@H]1[C@H]2CCC[C@H]2CN1C(=O)[C@@H](NC(=O)OC(C)(C)C)C(C)(C)C. The number of rotatable bonds is 8. The van der Waals surface area contributed by atoms with E-state index in [1.807, 2.05) is 20.8 Å². The summed E-state index contributed by atoms with van der Waals surface area (Å²) in [5.74, 6) is -1.38. The molecule has 3 aliphatic rings. The third kappa shape index (κ3) is 7.11. The normalized spacial score (nSPS) is 25.5. The molecule has 9 heteroatoms. The minimum atomic E-state index is -0.902. The van der Waals surface area contributed by atoms with Gasteiger partial charge in [-0.3, -0.25) is 19.2 Å². The number of carbonyl (C=O) groups excluding carboxylic acids is 5. The number of ether oxygens (including phenoxy) is 1. The first-order valence-corrected chi connectivity index (χ1v) is 13.7. The topological polar surface area (TPSA) is 122 Å². The van der Waals surface area contributed by atoms with Crippen LogP contribution in [-0.4, -0.2) is 64.6 Å². The summed E-state index contributed by atoms with van der Waals surface area (Å²) in [6, 6.07) is -2.51. The number of Topliss-reactive ketones (excluding diaryl/α,β-unsaturated/α-hetero) is 2. The van der Waals surface area contributed by atoms with E-state index < -0.39 is 46.8 Å². The van der Waals surface area contributed by atoms with Crippen LogP contribution in [0.2, 0.25) is 0 Å². The predicted octanol–water partition coefficient (Wildman–Crippen LogP) is 3.39. The highest BCUT2D eigenvalue weighted by atomic mass is 16.6. The monoisotopic (exact) mass is 519 g/mol. The molecule has 0 aromatic carbocycles. The fourth-order valence-corrected chi connectivity index (χ4v) is 5.90. The Morgan fingerprint density at radius 1 is 0.919 bits per heavy atom. The lowest BCUT2D eigenvalue weighted by molar-refractivity contribution is -0.144. The number of carbonyl (C=O) groups is 5. The van der Waals surface area contributed by atoms with Crippen molar-refractivity contribution in [2.45, 2.75) is 117 Å². The Morgan fingerprint density at radius 3 is 2.05 bits per heavy atom. The summed E-state index contributed by atoms with van der Waals surface area (Å²) in [5.41, 5.74) is -1.36. The molecular formula is C28H45N3O6. The van der Waals surface area contributed by atoms with Crippen molar-refractivity contribution in [1.29, 1.82) is 0 Å². The van der Waals surface area contributed by atoms with Crippen molar-refractivity contribution in [3.05, 3.63) is 0 Å². The lowest BCUT2D eigenvalue weighted by Gasteiger charge is -2.37. The molecule has 0 spiro atoms. The van der Waals surface area contributed by atoms with Gasteiger partial charge in [-0.15, -0.1) is 0 Å². The summed E-state index contributed by atoms with van der Waals surface area (Å²) in [4.78, 5) is 66.5. The first-order chi connectivity index (χ1) is 17.1. The van der Waals surface area contributed by atoms with Crippen LogP contribution in [0, 0.1) is 23.2 Å². The molecule has 3 rings (SSSR count). The van der Waals surface area contributed by atoms with Gasteiger partial charge >= 0.3 is 6.09 Å². The number of nitrogens with one attached hydrogen (secondary N) is 2. The molecule has 208 valence electrons. The van der Waals surface area contributed by atoms with Crippen LogP contribution in [0.5, 0.6) is 0 Å². The van der Waals surface area contributed by atoms with Crippen LogP contribution in [-0.2, 0) is 23.9 Å². The van der Waals surface area contributed by atoms with Crippen LogP contribution < -0.4 is 10.6 Å². The average molecular weight is 520 g/mol. The van der Waals surface area contributed by atoms with Gasteiger partial charge in [-0.05, 0) is 63.2 Å². The van der Waals surface area contributed by atoms with E-state index in [1.54, 1.807) is 25.7 Å². The third-order valence-corrected chi connectivity index (χ3v) is 7.99. The molecule has 37 heavy (non-hydrogen) atoms. The van der Waals surface area contributed by atoms with E-state index in [-0.39, 0.29) is 23.7 Å². The van der Waals surface area contributed by atoms with Crippen LogP contribution in [0.3, 0.4) is 0 Å². The zero-order chi connectivity index (χ0) is 27.7. The molecule has 1 unspecified atom stereocenters.